The minimum absolute atomic E-state index is 0.0230. The van der Waals surface area contributed by atoms with Crippen LogP contribution in [-0.2, 0) is 7.05 Å². The SMILES string of the molecule is Cc1nnc(SC(CO)C(N)C2CC2)n1C. The maximum Gasteiger partial charge on any atom is 0.191 e. The van der Waals surface area contributed by atoms with Crippen LogP contribution in [-0.4, -0.2) is 37.8 Å². The summed E-state index contributed by atoms with van der Waals surface area (Å²) in [7, 11) is 1.93. The lowest BCUT2D eigenvalue weighted by Crippen LogP contribution is -2.37. The molecule has 1 aliphatic carbocycles. The Hall–Kier alpha value is -0.590. The molecule has 1 aromatic heterocycles. The van der Waals surface area contributed by atoms with Gasteiger partial charge in [0.1, 0.15) is 5.82 Å². The molecule has 2 unspecified atom stereocenters. The normalized spacial score (nSPS) is 19.8. The van der Waals surface area contributed by atoms with Crippen molar-refractivity contribution in [2.75, 3.05) is 6.61 Å². The highest BCUT2D eigenvalue weighted by Gasteiger charge is 2.34. The fourth-order valence-corrected chi connectivity index (χ4v) is 2.75. The first kappa shape index (κ1) is 11.9. The Morgan fingerprint density at radius 3 is 2.69 bits per heavy atom. The maximum absolute atomic E-state index is 9.37. The first-order chi connectivity index (χ1) is 7.63. The van der Waals surface area contributed by atoms with Crippen molar-refractivity contribution >= 4 is 11.8 Å². The fourth-order valence-electron chi connectivity index (χ4n) is 1.65. The summed E-state index contributed by atoms with van der Waals surface area (Å²) >= 11 is 1.53. The van der Waals surface area contributed by atoms with Crippen molar-refractivity contribution in [3.8, 4) is 0 Å². The summed E-state index contributed by atoms with van der Waals surface area (Å²) in [5.41, 5.74) is 6.10. The van der Waals surface area contributed by atoms with E-state index in [1.165, 1.54) is 24.6 Å². The van der Waals surface area contributed by atoms with E-state index in [1.54, 1.807) is 0 Å². The summed E-state index contributed by atoms with van der Waals surface area (Å²) in [6, 6.07) is 0.0620. The van der Waals surface area contributed by atoms with E-state index in [-0.39, 0.29) is 17.9 Å². The molecule has 1 heterocycles. The van der Waals surface area contributed by atoms with E-state index < -0.39 is 0 Å². The van der Waals surface area contributed by atoms with Crippen LogP contribution in [0.25, 0.3) is 0 Å². The van der Waals surface area contributed by atoms with Crippen LogP contribution in [0.5, 0.6) is 0 Å². The molecule has 0 spiro atoms. The summed E-state index contributed by atoms with van der Waals surface area (Å²) in [6.45, 7) is 2.00. The molecule has 0 bridgehead atoms. The van der Waals surface area contributed by atoms with Gasteiger partial charge in [0.25, 0.3) is 0 Å². The van der Waals surface area contributed by atoms with Crippen LogP contribution in [0.3, 0.4) is 0 Å². The number of thioether (sulfide) groups is 1. The Labute approximate surface area is 99.4 Å². The summed E-state index contributed by atoms with van der Waals surface area (Å²) in [6.07, 6.45) is 2.38. The Morgan fingerprint density at radius 2 is 2.25 bits per heavy atom. The van der Waals surface area contributed by atoms with E-state index in [0.717, 1.165) is 11.0 Å². The Kier molecular flexibility index (Phi) is 3.51. The Balaban J connectivity index is 2.03. The molecule has 2 rings (SSSR count). The number of aliphatic hydroxyl groups excluding tert-OH is 1. The molecule has 0 amide bonds. The van der Waals surface area contributed by atoms with E-state index in [1.807, 2.05) is 18.5 Å². The van der Waals surface area contributed by atoms with Crippen molar-refractivity contribution in [3.05, 3.63) is 5.82 Å². The number of nitrogens with zero attached hydrogens (tertiary/aromatic N) is 3. The lowest BCUT2D eigenvalue weighted by atomic mass is 10.1. The highest BCUT2D eigenvalue weighted by atomic mass is 32.2. The second kappa shape index (κ2) is 4.73. The third-order valence-electron chi connectivity index (χ3n) is 3.08. The van der Waals surface area contributed by atoms with E-state index in [4.69, 9.17) is 5.73 Å². The zero-order valence-electron chi connectivity index (χ0n) is 9.63. The van der Waals surface area contributed by atoms with Crippen molar-refractivity contribution in [2.24, 2.45) is 18.7 Å². The molecule has 1 aliphatic rings. The van der Waals surface area contributed by atoms with Gasteiger partial charge in [-0.1, -0.05) is 11.8 Å². The van der Waals surface area contributed by atoms with E-state index in [2.05, 4.69) is 10.2 Å². The van der Waals surface area contributed by atoms with Gasteiger partial charge in [-0.2, -0.15) is 0 Å². The first-order valence-electron chi connectivity index (χ1n) is 5.52. The molecule has 0 saturated heterocycles. The minimum atomic E-state index is 0.0230. The number of hydrogen-bond donors (Lipinski definition) is 2. The van der Waals surface area contributed by atoms with Gasteiger partial charge in [-0.25, -0.2) is 0 Å². The molecule has 0 radical (unpaired) electrons. The van der Waals surface area contributed by atoms with Gasteiger partial charge in [0.05, 0.1) is 11.9 Å². The zero-order chi connectivity index (χ0) is 11.7. The Bertz CT molecular complexity index is 364. The van der Waals surface area contributed by atoms with Crippen molar-refractivity contribution in [2.45, 2.75) is 36.2 Å². The quantitative estimate of drug-likeness (QED) is 0.727. The van der Waals surface area contributed by atoms with Crippen LogP contribution in [0.1, 0.15) is 18.7 Å². The molecule has 3 N–H and O–H groups in total. The number of aromatic nitrogens is 3. The highest BCUT2D eigenvalue weighted by molar-refractivity contribution is 7.99. The van der Waals surface area contributed by atoms with Gasteiger partial charge in [-0.05, 0) is 25.7 Å². The number of aryl methyl sites for hydroxylation is 1. The monoisotopic (exact) mass is 242 g/mol. The topological polar surface area (TPSA) is 77.0 Å². The molecular weight excluding hydrogens is 224 g/mol. The summed E-state index contributed by atoms with van der Waals surface area (Å²) in [5.74, 6) is 1.46. The molecule has 0 aromatic carbocycles. The number of aliphatic hydroxyl groups is 1. The van der Waals surface area contributed by atoms with Gasteiger partial charge in [0.15, 0.2) is 5.16 Å². The maximum atomic E-state index is 9.37. The van der Waals surface area contributed by atoms with Gasteiger partial charge in [0.2, 0.25) is 0 Å². The van der Waals surface area contributed by atoms with E-state index in [9.17, 15) is 5.11 Å². The Morgan fingerprint density at radius 1 is 1.56 bits per heavy atom. The third-order valence-corrected chi connectivity index (χ3v) is 4.42. The molecule has 16 heavy (non-hydrogen) atoms. The highest BCUT2D eigenvalue weighted by Crippen LogP contribution is 2.37. The average molecular weight is 242 g/mol. The smallest absolute Gasteiger partial charge is 0.191 e. The van der Waals surface area contributed by atoms with Crippen LogP contribution in [0.2, 0.25) is 0 Å². The van der Waals surface area contributed by atoms with E-state index >= 15 is 0 Å². The third kappa shape index (κ3) is 2.39. The van der Waals surface area contributed by atoms with Gasteiger partial charge in [-0.3, -0.25) is 0 Å². The fraction of sp³-hybridized carbons (Fsp3) is 0.800. The van der Waals surface area contributed by atoms with Gasteiger partial charge in [-0.15, -0.1) is 10.2 Å². The first-order valence-corrected chi connectivity index (χ1v) is 6.40. The number of rotatable bonds is 5. The van der Waals surface area contributed by atoms with Gasteiger partial charge >= 0.3 is 0 Å². The van der Waals surface area contributed by atoms with Crippen LogP contribution in [0.4, 0.5) is 0 Å². The summed E-state index contributed by atoms with van der Waals surface area (Å²) in [4.78, 5) is 0. The van der Waals surface area contributed by atoms with E-state index in [0.29, 0.717) is 5.92 Å². The van der Waals surface area contributed by atoms with Crippen molar-refractivity contribution < 1.29 is 5.11 Å². The van der Waals surface area contributed by atoms with Crippen LogP contribution in [0, 0.1) is 12.8 Å². The number of hydrogen-bond acceptors (Lipinski definition) is 5. The molecule has 5 nitrogen and oxygen atoms in total. The number of nitrogens with two attached hydrogens (primary N) is 1. The summed E-state index contributed by atoms with van der Waals surface area (Å²) in [5, 5.41) is 18.3. The molecular formula is C10H18N4OS. The standard InChI is InChI=1S/C10H18N4OS/c1-6-12-13-10(14(6)2)16-8(5-15)9(11)7-3-4-7/h7-9,15H,3-5,11H2,1-2H3. The van der Waals surface area contributed by atoms with Crippen LogP contribution >= 0.6 is 11.8 Å². The molecule has 1 fully saturated rings. The molecule has 90 valence electrons. The average Bonchev–Trinajstić information content (AvgIpc) is 3.07. The van der Waals surface area contributed by atoms with Crippen molar-refractivity contribution in [1.82, 2.24) is 14.8 Å². The summed E-state index contributed by atoms with van der Waals surface area (Å²) < 4.78 is 1.92. The lowest BCUT2D eigenvalue weighted by Gasteiger charge is -2.20. The van der Waals surface area contributed by atoms with Crippen LogP contribution in [0.15, 0.2) is 5.16 Å². The van der Waals surface area contributed by atoms with Crippen molar-refractivity contribution in [1.29, 1.82) is 0 Å². The largest absolute Gasteiger partial charge is 0.395 e. The zero-order valence-corrected chi connectivity index (χ0v) is 10.4. The second-order valence-corrected chi connectivity index (χ2v) is 5.55. The lowest BCUT2D eigenvalue weighted by molar-refractivity contribution is 0.277. The molecule has 2 atom stereocenters. The molecule has 6 heteroatoms. The molecule has 1 saturated carbocycles. The van der Waals surface area contributed by atoms with Gasteiger partial charge < -0.3 is 15.4 Å². The van der Waals surface area contributed by atoms with Gasteiger partial charge in [0, 0.05) is 13.1 Å². The predicted octanol–water partition coefficient (Wildman–Crippen LogP) is 0.314. The molecule has 0 aliphatic heterocycles. The van der Waals surface area contributed by atoms with Crippen molar-refractivity contribution in [3.63, 3.8) is 0 Å². The predicted molar refractivity (Wildman–Crippen MR) is 63.2 cm³/mol. The minimum Gasteiger partial charge on any atom is -0.395 e. The van der Waals surface area contributed by atoms with Crippen LogP contribution < -0.4 is 5.73 Å². The molecule has 1 aromatic rings. The second-order valence-electron chi connectivity index (χ2n) is 4.34.